The predicted molar refractivity (Wildman–Crippen MR) is 124 cm³/mol. The van der Waals surface area contributed by atoms with Crippen molar-refractivity contribution >= 4 is 17.7 Å². The Morgan fingerprint density at radius 2 is 1.58 bits per heavy atom. The van der Waals surface area contributed by atoms with Crippen molar-refractivity contribution in [3.8, 4) is 0 Å². The molecule has 4 bridgehead atoms. The van der Waals surface area contributed by atoms with Crippen LogP contribution in [0.5, 0.6) is 0 Å². The molecule has 1 aromatic rings. The fraction of sp³-hybridized carbons (Fsp3) is 0.654. The second kappa shape index (κ2) is 10.7. The minimum absolute atomic E-state index is 0.0705. The molecule has 0 aromatic heterocycles. The largest absolute Gasteiger partial charge is 0.350 e. The van der Waals surface area contributed by atoms with E-state index in [0.29, 0.717) is 37.1 Å². The van der Waals surface area contributed by atoms with Crippen molar-refractivity contribution in [3.05, 3.63) is 35.9 Å². The molecule has 0 spiro atoms. The van der Waals surface area contributed by atoms with Gasteiger partial charge < -0.3 is 10.6 Å². The van der Waals surface area contributed by atoms with Gasteiger partial charge in [0, 0.05) is 18.4 Å². The van der Waals surface area contributed by atoms with E-state index in [4.69, 9.17) is 5.21 Å². The molecule has 180 valence electrons. The van der Waals surface area contributed by atoms with Crippen LogP contribution in [0.25, 0.3) is 0 Å². The molecule has 3 amide bonds. The van der Waals surface area contributed by atoms with Crippen LogP contribution < -0.4 is 16.1 Å². The molecule has 0 aliphatic heterocycles. The topological polar surface area (TPSA) is 108 Å². The van der Waals surface area contributed by atoms with Gasteiger partial charge in [-0.15, -0.1) is 0 Å². The van der Waals surface area contributed by atoms with Crippen LogP contribution in [-0.2, 0) is 20.9 Å². The number of benzene rings is 1. The van der Waals surface area contributed by atoms with Crippen LogP contribution in [0.1, 0.15) is 76.2 Å². The monoisotopic (exact) mass is 455 g/mol. The van der Waals surface area contributed by atoms with Crippen molar-refractivity contribution in [1.29, 1.82) is 0 Å². The summed E-state index contributed by atoms with van der Waals surface area (Å²) in [4.78, 5) is 37.8. The molecule has 1 atom stereocenters. The van der Waals surface area contributed by atoms with E-state index in [-0.39, 0.29) is 23.7 Å². The predicted octanol–water partition coefficient (Wildman–Crippen LogP) is 3.46. The zero-order valence-corrected chi connectivity index (χ0v) is 19.4. The van der Waals surface area contributed by atoms with Gasteiger partial charge in [0.05, 0.1) is 0 Å². The molecule has 0 radical (unpaired) electrons. The van der Waals surface area contributed by atoms with Crippen LogP contribution in [0.15, 0.2) is 30.3 Å². The van der Waals surface area contributed by atoms with E-state index in [2.05, 4.69) is 10.6 Å². The number of carbonyl (C=O) groups is 3. The summed E-state index contributed by atoms with van der Waals surface area (Å²) >= 11 is 0. The maximum Gasteiger partial charge on any atom is 0.243 e. The van der Waals surface area contributed by atoms with Gasteiger partial charge >= 0.3 is 0 Å². The third kappa shape index (κ3) is 5.94. The Morgan fingerprint density at radius 3 is 2.18 bits per heavy atom. The minimum Gasteiger partial charge on any atom is -0.350 e. The smallest absolute Gasteiger partial charge is 0.243 e. The summed E-state index contributed by atoms with van der Waals surface area (Å²) in [6.07, 6.45) is 9.64. The molecule has 5 rings (SSSR count). The molecule has 0 saturated heterocycles. The fourth-order valence-electron chi connectivity index (χ4n) is 6.74. The number of rotatable bonds is 11. The van der Waals surface area contributed by atoms with E-state index in [1.165, 1.54) is 19.3 Å². The third-order valence-electron chi connectivity index (χ3n) is 7.97. The quantitative estimate of drug-likeness (QED) is 0.233. The molecule has 1 aromatic carbocycles. The normalized spacial score (nSPS) is 28.2. The maximum absolute atomic E-state index is 13.5. The lowest BCUT2D eigenvalue weighted by Crippen LogP contribution is -2.57. The Kier molecular flexibility index (Phi) is 7.68. The lowest BCUT2D eigenvalue weighted by Gasteiger charge is -2.55. The Labute approximate surface area is 196 Å². The van der Waals surface area contributed by atoms with Crippen molar-refractivity contribution in [3.63, 3.8) is 0 Å². The zero-order valence-electron chi connectivity index (χ0n) is 19.4. The highest BCUT2D eigenvalue weighted by Crippen LogP contribution is 2.60. The van der Waals surface area contributed by atoms with Gasteiger partial charge in [0.15, 0.2) is 0 Å². The number of amides is 3. The van der Waals surface area contributed by atoms with E-state index in [1.807, 2.05) is 30.3 Å². The van der Waals surface area contributed by atoms with E-state index in [0.717, 1.165) is 37.7 Å². The van der Waals surface area contributed by atoms with Gasteiger partial charge in [-0.2, -0.15) is 0 Å². The summed E-state index contributed by atoms with van der Waals surface area (Å²) in [5.74, 6) is 1.54. The Morgan fingerprint density at radius 1 is 0.939 bits per heavy atom. The first-order chi connectivity index (χ1) is 16.0. The van der Waals surface area contributed by atoms with E-state index >= 15 is 0 Å². The second-order valence-electron chi connectivity index (χ2n) is 10.6. The van der Waals surface area contributed by atoms with Gasteiger partial charge in [-0.25, -0.2) is 5.48 Å². The lowest BCUT2D eigenvalue weighted by molar-refractivity contribution is -0.148. The summed E-state index contributed by atoms with van der Waals surface area (Å²) in [7, 11) is 0. The standard InChI is InChI=1S/C26H37N3O4/c30-23(29-33)10-6-2-5-9-22(24(31)27-17-18-7-3-1-4-8-18)28-25(32)26-14-19-11-20(15-26)13-21(12-19)16-26/h1,3-4,7-8,19-22,33H,2,5-6,9-17H2,(H,27,31)(H,28,32)(H,29,30)/t19?,20?,21?,22-,26?/m0/s1. The van der Waals surface area contributed by atoms with Gasteiger partial charge in [-0.05, 0) is 74.7 Å². The lowest BCUT2D eigenvalue weighted by atomic mass is 9.49. The second-order valence-corrected chi connectivity index (χ2v) is 10.6. The molecule has 4 fully saturated rings. The highest BCUT2D eigenvalue weighted by atomic mass is 16.5. The summed E-state index contributed by atoms with van der Waals surface area (Å²) < 4.78 is 0. The molecule has 4 saturated carbocycles. The summed E-state index contributed by atoms with van der Waals surface area (Å²) in [5.41, 5.74) is 2.38. The summed E-state index contributed by atoms with van der Waals surface area (Å²) in [6, 6.07) is 9.19. The average Bonchev–Trinajstić information content (AvgIpc) is 2.81. The van der Waals surface area contributed by atoms with Crippen molar-refractivity contribution < 1.29 is 19.6 Å². The number of hydrogen-bond acceptors (Lipinski definition) is 4. The van der Waals surface area contributed by atoms with Gasteiger partial charge in [-0.3, -0.25) is 19.6 Å². The van der Waals surface area contributed by atoms with E-state index in [9.17, 15) is 14.4 Å². The minimum atomic E-state index is -0.569. The number of unbranched alkanes of at least 4 members (excludes halogenated alkanes) is 2. The highest BCUT2D eigenvalue weighted by molar-refractivity contribution is 5.90. The molecule has 33 heavy (non-hydrogen) atoms. The summed E-state index contributed by atoms with van der Waals surface area (Å²) in [6.45, 7) is 0.431. The Balaban J connectivity index is 1.35. The van der Waals surface area contributed by atoms with E-state index in [1.54, 1.807) is 5.48 Å². The van der Waals surface area contributed by atoms with Crippen LogP contribution in [0.2, 0.25) is 0 Å². The molecule has 7 nitrogen and oxygen atoms in total. The third-order valence-corrected chi connectivity index (χ3v) is 7.97. The molecule has 4 aliphatic carbocycles. The zero-order chi connectivity index (χ0) is 23.3. The molecular weight excluding hydrogens is 418 g/mol. The van der Waals surface area contributed by atoms with Crippen molar-refractivity contribution in [2.45, 2.75) is 83.2 Å². The number of carbonyl (C=O) groups excluding carboxylic acids is 3. The van der Waals surface area contributed by atoms with Crippen molar-refractivity contribution in [2.75, 3.05) is 0 Å². The molecule has 0 heterocycles. The molecular formula is C26H37N3O4. The van der Waals surface area contributed by atoms with Crippen LogP contribution in [0.4, 0.5) is 0 Å². The first-order valence-corrected chi connectivity index (χ1v) is 12.5. The average molecular weight is 456 g/mol. The number of hydroxylamine groups is 1. The molecule has 4 aliphatic rings. The van der Waals surface area contributed by atoms with Gasteiger partial charge in [-0.1, -0.05) is 43.2 Å². The first-order valence-electron chi connectivity index (χ1n) is 12.5. The number of hydrogen-bond donors (Lipinski definition) is 4. The van der Waals surface area contributed by atoms with Gasteiger partial charge in [0.1, 0.15) is 6.04 Å². The molecule has 0 unspecified atom stereocenters. The van der Waals surface area contributed by atoms with E-state index < -0.39 is 11.9 Å². The Bertz CT molecular complexity index is 806. The fourth-order valence-corrected chi connectivity index (χ4v) is 6.74. The molecule has 7 heteroatoms. The SMILES string of the molecule is O=C(CCCCC[C@H](NC(=O)C12CC3CC(CC(C3)C1)C2)C(=O)NCc1ccccc1)NO. The highest BCUT2D eigenvalue weighted by Gasteiger charge is 2.54. The summed E-state index contributed by atoms with van der Waals surface area (Å²) in [5, 5.41) is 14.8. The van der Waals surface area contributed by atoms with Gasteiger partial charge in [0.25, 0.3) is 0 Å². The van der Waals surface area contributed by atoms with Crippen LogP contribution >= 0.6 is 0 Å². The van der Waals surface area contributed by atoms with Crippen molar-refractivity contribution in [1.82, 2.24) is 16.1 Å². The van der Waals surface area contributed by atoms with Crippen molar-refractivity contribution in [2.24, 2.45) is 23.2 Å². The van der Waals surface area contributed by atoms with Crippen LogP contribution in [-0.4, -0.2) is 29.0 Å². The first kappa shape index (κ1) is 23.7. The van der Waals surface area contributed by atoms with Gasteiger partial charge in [0.2, 0.25) is 17.7 Å². The van der Waals surface area contributed by atoms with Crippen LogP contribution in [0.3, 0.4) is 0 Å². The Hall–Kier alpha value is -2.41. The molecule has 4 N–H and O–H groups in total. The number of nitrogens with one attached hydrogen (secondary N) is 3. The maximum atomic E-state index is 13.5. The van der Waals surface area contributed by atoms with Crippen LogP contribution in [0, 0.1) is 23.2 Å².